The van der Waals surface area contributed by atoms with Crippen LogP contribution in [0.4, 0.5) is 11.4 Å². The second-order valence-electron chi connectivity index (χ2n) is 3.97. The summed E-state index contributed by atoms with van der Waals surface area (Å²) < 4.78 is 5.50. The molecule has 0 saturated heterocycles. The Morgan fingerprint density at radius 1 is 1.06 bits per heavy atom. The Labute approximate surface area is 95.1 Å². The van der Waals surface area contributed by atoms with Gasteiger partial charge in [0.2, 0.25) is 0 Å². The molecular formula is C13H16N2O. The molecule has 0 aliphatic heterocycles. The molecule has 3 heteroatoms. The first-order valence-electron chi connectivity index (χ1n) is 5.34. The van der Waals surface area contributed by atoms with Gasteiger partial charge in [-0.3, -0.25) is 0 Å². The molecule has 1 aromatic carbocycles. The summed E-state index contributed by atoms with van der Waals surface area (Å²) in [6, 6.07) is 9.62. The molecule has 0 amide bonds. The standard InChI is InChI=1S/C13H16N2O/c1-9-2-6-12(16-9)7-4-10-3-5-11(14)8-13(10)15/h2-3,5-6,8H,4,7,14-15H2,1H3. The van der Waals surface area contributed by atoms with Crippen molar-refractivity contribution in [3.05, 3.63) is 47.4 Å². The Bertz CT molecular complexity index is 488. The largest absolute Gasteiger partial charge is 0.466 e. The summed E-state index contributed by atoms with van der Waals surface area (Å²) in [6.45, 7) is 1.95. The lowest BCUT2D eigenvalue weighted by Crippen LogP contribution is -1.98. The van der Waals surface area contributed by atoms with Gasteiger partial charge in [-0.15, -0.1) is 0 Å². The second kappa shape index (κ2) is 4.31. The summed E-state index contributed by atoms with van der Waals surface area (Å²) in [5.41, 5.74) is 14.1. The van der Waals surface area contributed by atoms with E-state index in [4.69, 9.17) is 15.9 Å². The number of rotatable bonds is 3. The van der Waals surface area contributed by atoms with Gasteiger partial charge in [-0.25, -0.2) is 0 Å². The molecule has 1 aromatic heterocycles. The van der Waals surface area contributed by atoms with Crippen molar-refractivity contribution in [2.75, 3.05) is 11.5 Å². The average Bonchev–Trinajstić information content (AvgIpc) is 2.63. The van der Waals surface area contributed by atoms with E-state index < -0.39 is 0 Å². The van der Waals surface area contributed by atoms with Crippen LogP contribution in [0.5, 0.6) is 0 Å². The minimum atomic E-state index is 0.704. The SMILES string of the molecule is Cc1ccc(CCc2ccc(N)cc2N)o1. The van der Waals surface area contributed by atoms with Crippen molar-refractivity contribution in [1.82, 2.24) is 0 Å². The van der Waals surface area contributed by atoms with Gasteiger partial charge in [-0.1, -0.05) is 6.07 Å². The third-order valence-electron chi connectivity index (χ3n) is 2.61. The first kappa shape index (κ1) is 10.6. The van der Waals surface area contributed by atoms with Gasteiger partial charge in [-0.05, 0) is 43.2 Å². The molecule has 1 heterocycles. The normalized spacial score (nSPS) is 10.6. The summed E-state index contributed by atoms with van der Waals surface area (Å²) in [7, 11) is 0. The molecule has 16 heavy (non-hydrogen) atoms. The predicted octanol–water partition coefficient (Wildman–Crippen LogP) is 2.54. The van der Waals surface area contributed by atoms with Crippen LogP contribution in [0.3, 0.4) is 0 Å². The highest BCUT2D eigenvalue weighted by Gasteiger charge is 2.03. The molecule has 0 aliphatic carbocycles. The van der Waals surface area contributed by atoms with Crippen LogP contribution in [0, 0.1) is 6.92 Å². The van der Waals surface area contributed by atoms with Crippen molar-refractivity contribution < 1.29 is 4.42 Å². The summed E-state index contributed by atoms with van der Waals surface area (Å²) in [6.07, 6.45) is 1.74. The van der Waals surface area contributed by atoms with Crippen molar-refractivity contribution in [1.29, 1.82) is 0 Å². The lowest BCUT2D eigenvalue weighted by atomic mass is 10.1. The maximum Gasteiger partial charge on any atom is 0.104 e. The highest BCUT2D eigenvalue weighted by atomic mass is 16.3. The first-order valence-corrected chi connectivity index (χ1v) is 5.34. The van der Waals surface area contributed by atoms with E-state index in [0.29, 0.717) is 5.69 Å². The van der Waals surface area contributed by atoms with Crippen LogP contribution < -0.4 is 11.5 Å². The minimum Gasteiger partial charge on any atom is -0.466 e. The van der Waals surface area contributed by atoms with Crippen LogP contribution in [-0.4, -0.2) is 0 Å². The highest BCUT2D eigenvalue weighted by Crippen LogP contribution is 2.18. The zero-order valence-corrected chi connectivity index (χ0v) is 9.36. The molecule has 2 aromatic rings. The van der Waals surface area contributed by atoms with Crippen LogP contribution in [0.1, 0.15) is 17.1 Å². The van der Waals surface area contributed by atoms with Gasteiger partial charge in [0.25, 0.3) is 0 Å². The third kappa shape index (κ3) is 2.37. The van der Waals surface area contributed by atoms with Crippen molar-refractivity contribution in [2.45, 2.75) is 19.8 Å². The van der Waals surface area contributed by atoms with Gasteiger partial charge < -0.3 is 15.9 Å². The fourth-order valence-corrected chi connectivity index (χ4v) is 1.72. The van der Waals surface area contributed by atoms with E-state index in [1.54, 1.807) is 6.07 Å². The first-order chi connectivity index (χ1) is 7.65. The van der Waals surface area contributed by atoms with Crippen LogP contribution in [0.15, 0.2) is 34.7 Å². The number of hydrogen-bond donors (Lipinski definition) is 2. The van der Waals surface area contributed by atoms with Crippen molar-refractivity contribution in [2.24, 2.45) is 0 Å². The number of nitrogen functional groups attached to an aromatic ring is 2. The smallest absolute Gasteiger partial charge is 0.104 e. The van der Waals surface area contributed by atoms with E-state index in [0.717, 1.165) is 35.6 Å². The van der Waals surface area contributed by atoms with Gasteiger partial charge in [0.05, 0.1) is 0 Å². The third-order valence-corrected chi connectivity index (χ3v) is 2.61. The fraction of sp³-hybridized carbons (Fsp3) is 0.231. The van der Waals surface area contributed by atoms with Crippen LogP contribution in [0.25, 0.3) is 0 Å². The van der Waals surface area contributed by atoms with Gasteiger partial charge in [0.1, 0.15) is 11.5 Å². The fourth-order valence-electron chi connectivity index (χ4n) is 1.72. The molecule has 84 valence electrons. The Hall–Kier alpha value is -1.90. The Morgan fingerprint density at radius 3 is 2.50 bits per heavy atom. The van der Waals surface area contributed by atoms with E-state index in [-0.39, 0.29) is 0 Å². The van der Waals surface area contributed by atoms with E-state index in [1.807, 2.05) is 31.2 Å². The molecular weight excluding hydrogens is 200 g/mol. The monoisotopic (exact) mass is 216 g/mol. The predicted molar refractivity (Wildman–Crippen MR) is 66.1 cm³/mol. The number of aryl methyl sites for hydroxylation is 3. The quantitative estimate of drug-likeness (QED) is 0.775. The lowest BCUT2D eigenvalue weighted by molar-refractivity contribution is 0.482. The van der Waals surface area contributed by atoms with Crippen LogP contribution in [0.2, 0.25) is 0 Å². The topological polar surface area (TPSA) is 65.2 Å². The van der Waals surface area contributed by atoms with Gasteiger partial charge >= 0.3 is 0 Å². The van der Waals surface area contributed by atoms with Crippen LogP contribution in [-0.2, 0) is 12.8 Å². The van der Waals surface area contributed by atoms with Crippen LogP contribution >= 0.6 is 0 Å². The number of anilines is 2. The molecule has 0 aliphatic rings. The molecule has 0 unspecified atom stereocenters. The molecule has 0 fully saturated rings. The van der Waals surface area contributed by atoms with Crippen molar-refractivity contribution in [3.8, 4) is 0 Å². The van der Waals surface area contributed by atoms with Crippen molar-refractivity contribution >= 4 is 11.4 Å². The van der Waals surface area contributed by atoms with E-state index in [9.17, 15) is 0 Å². The Kier molecular flexibility index (Phi) is 2.86. The lowest BCUT2D eigenvalue weighted by Gasteiger charge is -2.05. The van der Waals surface area contributed by atoms with Gasteiger partial charge in [0.15, 0.2) is 0 Å². The summed E-state index contributed by atoms with van der Waals surface area (Å²) in [5, 5.41) is 0. The minimum absolute atomic E-state index is 0.704. The molecule has 4 N–H and O–H groups in total. The number of benzene rings is 1. The van der Waals surface area contributed by atoms with Gasteiger partial charge in [0, 0.05) is 17.8 Å². The maximum absolute atomic E-state index is 5.88. The van der Waals surface area contributed by atoms with E-state index in [2.05, 4.69) is 0 Å². The van der Waals surface area contributed by atoms with E-state index >= 15 is 0 Å². The highest BCUT2D eigenvalue weighted by molar-refractivity contribution is 5.56. The Morgan fingerprint density at radius 2 is 1.88 bits per heavy atom. The Balaban J connectivity index is 2.04. The number of hydrogen-bond acceptors (Lipinski definition) is 3. The molecule has 0 bridgehead atoms. The maximum atomic E-state index is 5.88. The molecule has 0 spiro atoms. The van der Waals surface area contributed by atoms with Gasteiger partial charge in [-0.2, -0.15) is 0 Å². The summed E-state index contributed by atoms with van der Waals surface area (Å²) in [5.74, 6) is 1.94. The molecule has 3 nitrogen and oxygen atoms in total. The molecule has 0 radical (unpaired) electrons. The zero-order valence-electron chi connectivity index (χ0n) is 9.36. The summed E-state index contributed by atoms with van der Waals surface area (Å²) >= 11 is 0. The number of furan rings is 1. The zero-order chi connectivity index (χ0) is 11.5. The molecule has 0 atom stereocenters. The molecule has 2 rings (SSSR count). The molecule has 0 saturated carbocycles. The second-order valence-corrected chi connectivity index (χ2v) is 3.97. The summed E-state index contributed by atoms with van der Waals surface area (Å²) in [4.78, 5) is 0. The van der Waals surface area contributed by atoms with E-state index in [1.165, 1.54) is 0 Å². The average molecular weight is 216 g/mol. The van der Waals surface area contributed by atoms with Crippen molar-refractivity contribution in [3.63, 3.8) is 0 Å². The number of nitrogens with two attached hydrogens (primary N) is 2.